The highest BCUT2D eigenvalue weighted by atomic mass is 16.4. The number of aliphatic carboxylic acids is 1. The quantitative estimate of drug-likeness (QED) is 0.135. The summed E-state index contributed by atoms with van der Waals surface area (Å²) in [5.41, 5.74) is 6.03. The van der Waals surface area contributed by atoms with Gasteiger partial charge >= 0.3 is 5.97 Å². The fourth-order valence-electron chi connectivity index (χ4n) is 3.68. The Morgan fingerprint density at radius 1 is 1.18 bits per heavy atom. The summed E-state index contributed by atoms with van der Waals surface area (Å²) >= 11 is 0. The van der Waals surface area contributed by atoms with Crippen molar-refractivity contribution in [2.45, 2.75) is 75.7 Å². The van der Waals surface area contributed by atoms with Crippen LogP contribution in [0, 0.1) is 0 Å². The number of nitrogens with one attached hydrogen (secondary N) is 5. The fraction of sp³-hybridized carbons (Fsp3) is 0.667. The van der Waals surface area contributed by atoms with E-state index in [-0.39, 0.29) is 18.4 Å². The van der Waals surface area contributed by atoms with E-state index < -0.39 is 42.0 Å². The molecule has 2 rings (SSSR count). The number of H-pyrrole nitrogens is 1. The summed E-state index contributed by atoms with van der Waals surface area (Å²) in [5.74, 6) is -3.10. The minimum atomic E-state index is -1.42. The van der Waals surface area contributed by atoms with E-state index in [4.69, 9.17) is 5.73 Å². The van der Waals surface area contributed by atoms with Gasteiger partial charge in [-0.05, 0) is 52.1 Å². The van der Waals surface area contributed by atoms with E-state index in [1.54, 1.807) is 0 Å². The number of aromatic amines is 1. The van der Waals surface area contributed by atoms with Gasteiger partial charge in [-0.3, -0.25) is 14.4 Å². The molecule has 13 heteroatoms. The summed E-state index contributed by atoms with van der Waals surface area (Å²) < 4.78 is 0. The molecular weight excluding hydrogens is 446 g/mol. The van der Waals surface area contributed by atoms with Crippen LogP contribution in [0.3, 0.4) is 0 Å². The molecule has 1 aliphatic heterocycles. The average molecular weight is 482 g/mol. The minimum absolute atomic E-state index is 0.0618. The van der Waals surface area contributed by atoms with Crippen molar-refractivity contribution in [3.05, 3.63) is 18.2 Å². The Balaban J connectivity index is 2.05. The second kappa shape index (κ2) is 13.6. The van der Waals surface area contributed by atoms with Crippen LogP contribution in [-0.2, 0) is 25.6 Å². The van der Waals surface area contributed by atoms with Crippen LogP contribution in [0.5, 0.6) is 0 Å². The van der Waals surface area contributed by atoms with Crippen molar-refractivity contribution in [1.82, 2.24) is 31.2 Å². The van der Waals surface area contributed by atoms with Gasteiger partial charge in [0, 0.05) is 18.3 Å². The number of nitrogens with two attached hydrogens (primary N) is 1. The molecule has 190 valence electrons. The van der Waals surface area contributed by atoms with E-state index in [0.717, 1.165) is 13.0 Å². The molecule has 2 heterocycles. The first-order valence-corrected chi connectivity index (χ1v) is 11.5. The predicted octanol–water partition coefficient (Wildman–Crippen LogP) is -2.25. The van der Waals surface area contributed by atoms with Crippen LogP contribution in [-0.4, -0.2) is 87.2 Å². The third-order valence-electron chi connectivity index (χ3n) is 5.61. The van der Waals surface area contributed by atoms with Crippen molar-refractivity contribution in [1.29, 1.82) is 0 Å². The number of carbonyl (C=O) groups is 4. The third kappa shape index (κ3) is 8.39. The second-order valence-corrected chi connectivity index (χ2v) is 8.40. The number of aliphatic hydroxyl groups is 1. The maximum Gasteiger partial charge on any atom is 0.326 e. The Morgan fingerprint density at radius 2 is 1.94 bits per heavy atom. The van der Waals surface area contributed by atoms with Crippen LogP contribution >= 0.6 is 0 Å². The monoisotopic (exact) mass is 481 g/mol. The molecule has 1 saturated heterocycles. The van der Waals surface area contributed by atoms with E-state index in [1.165, 1.54) is 19.4 Å². The van der Waals surface area contributed by atoms with Gasteiger partial charge in [-0.1, -0.05) is 0 Å². The number of rotatable bonds is 14. The van der Waals surface area contributed by atoms with E-state index in [2.05, 4.69) is 31.2 Å². The van der Waals surface area contributed by atoms with Gasteiger partial charge in [0.1, 0.15) is 18.1 Å². The number of aliphatic hydroxyl groups excluding tert-OH is 1. The van der Waals surface area contributed by atoms with Gasteiger partial charge in [0.15, 0.2) is 0 Å². The Hall–Kier alpha value is -3.03. The zero-order chi connectivity index (χ0) is 25.1. The van der Waals surface area contributed by atoms with Gasteiger partial charge in [0.05, 0.1) is 18.5 Å². The molecule has 0 saturated carbocycles. The summed E-state index contributed by atoms with van der Waals surface area (Å²) in [7, 11) is 0. The van der Waals surface area contributed by atoms with Crippen LogP contribution in [0.15, 0.2) is 12.5 Å². The molecular formula is C21H35N7O6. The molecule has 5 unspecified atom stereocenters. The molecule has 9 N–H and O–H groups in total. The van der Waals surface area contributed by atoms with Crippen LogP contribution in [0.2, 0.25) is 0 Å². The summed E-state index contributed by atoms with van der Waals surface area (Å²) in [6.07, 6.45) is 4.48. The highest BCUT2D eigenvalue weighted by Gasteiger charge is 2.33. The lowest BCUT2D eigenvalue weighted by Crippen LogP contribution is -2.60. The van der Waals surface area contributed by atoms with E-state index >= 15 is 0 Å². The highest BCUT2D eigenvalue weighted by Crippen LogP contribution is 2.08. The standard InChI is InChI=1S/C21H35N7O6/c1-12(29)17(20(32)27-16(21(33)34)9-13-10-23-11-25-13)28-19(31)15(5-2-3-7-22)26-18(30)14-6-4-8-24-14/h10-12,14-17,24,29H,2-9,22H2,1H3,(H,23,25)(H,26,30)(H,27,32)(H,28,31)(H,33,34). The molecule has 13 nitrogen and oxygen atoms in total. The lowest BCUT2D eigenvalue weighted by atomic mass is 10.1. The Kier molecular flexibility index (Phi) is 10.9. The Morgan fingerprint density at radius 3 is 2.50 bits per heavy atom. The molecule has 0 aromatic carbocycles. The van der Waals surface area contributed by atoms with Gasteiger partial charge in [-0.25, -0.2) is 9.78 Å². The number of unbranched alkanes of at least 4 members (excludes halogenated alkanes) is 1. The summed E-state index contributed by atoms with van der Waals surface area (Å²) in [6, 6.07) is -4.05. The number of carboxylic acid groups (broad SMARTS) is 1. The fourth-order valence-corrected chi connectivity index (χ4v) is 3.68. The molecule has 1 aliphatic rings. The average Bonchev–Trinajstić information content (AvgIpc) is 3.50. The number of carbonyl (C=O) groups excluding carboxylic acids is 3. The minimum Gasteiger partial charge on any atom is -0.480 e. The topological polar surface area (TPSA) is 212 Å². The van der Waals surface area contributed by atoms with E-state index in [9.17, 15) is 29.4 Å². The van der Waals surface area contributed by atoms with Crippen molar-refractivity contribution in [3.8, 4) is 0 Å². The molecule has 34 heavy (non-hydrogen) atoms. The smallest absolute Gasteiger partial charge is 0.326 e. The first-order chi connectivity index (χ1) is 16.2. The summed E-state index contributed by atoms with van der Waals surface area (Å²) in [4.78, 5) is 56.5. The Bertz CT molecular complexity index is 811. The zero-order valence-electron chi connectivity index (χ0n) is 19.3. The Labute approximate surface area is 197 Å². The van der Waals surface area contributed by atoms with Crippen molar-refractivity contribution < 1.29 is 29.4 Å². The van der Waals surface area contributed by atoms with Crippen molar-refractivity contribution in [3.63, 3.8) is 0 Å². The molecule has 0 radical (unpaired) electrons. The van der Waals surface area contributed by atoms with Gasteiger partial charge in [0.25, 0.3) is 0 Å². The number of aromatic nitrogens is 2. The van der Waals surface area contributed by atoms with Gasteiger partial charge in [-0.2, -0.15) is 0 Å². The number of hydrogen-bond donors (Lipinski definition) is 8. The molecule has 3 amide bonds. The van der Waals surface area contributed by atoms with Crippen LogP contribution in [0.25, 0.3) is 0 Å². The number of hydrogen-bond acceptors (Lipinski definition) is 8. The van der Waals surface area contributed by atoms with Crippen molar-refractivity contribution in [2.75, 3.05) is 13.1 Å². The second-order valence-electron chi connectivity index (χ2n) is 8.40. The van der Waals surface area contributed by atoms with Crippen LogP contribution in [0.1, 0.15) is 44.7 Å². The molecule has 1 fully saturated rings. The first-order valence-electron chi connectivity index (χ1n) is 11.5. The number of imidazole rings is 1. The van der Waals surface area contributed by atoms with E-state index in [0.29, 0.717) is 37.9 Å². The number of nitrogens with zero attached hydrogens (tertiary/aromatic N) is 1. The maximum absolute atomic E-state index is 13.0. The number of carboxylic acids is 1. The first kappa shape index (κ1) is 27.2. The molecule has 1 aromatic heterocycles. The maximum atomic E-state index is 13.0. The van der Waals surface area contributed by atoms with Gasteiger partial charge < -0.3 is 42.2 Å². The van der Waals surface area contributed by atoms with Crippen LogP contribution in [0.4, 0.5) is 0 Å². The van der Waals surface area contributed by atoms with E-state index in [1.807, 2.05) is 0 Å². The highest BCUT2D eigenvalue weighted by molar-refractivity contribution is 5.94. The molecule has 0 aliphatic carbocycles. The summed E-state index contributed by atoms with van der Waals surface area (Å²) in [6.45, 7) is 2.45. The molecule has 0 spiro atoms. The van der Waals surface area contributed by atoms with Crippen molar-refractivity contribution in [2.24, 2.45) is 5.73 Å². The zero-order valence-corrected chi connectivity index (χ0v) is 19.3. The van der Waals surface area contributed by atoms with Crippen molar-refractivity contribution >= 4 is 23.7 Å². The molecule has 0 bridgehead atoms. The normalized spacial score (nSPS) is 19.0. The van der Waals surface area contributed by atoms with Gasteiger partial charge in [0.2, 0.25) is 17.7 Å². The largest absolute Gasteiger partial charge is 0.480 e. The lowest BCUT2D eigenvalue weighted by Gasteiger charge is -2.26. The van der Waals surface area contributed by atoms with Gasteiger partial charge in [-0.15, -0.1) is 0 Å². The molecule has 1 aromatic rings. The predicted molar refractivity (Wildman–Crippen MR) is 121 cm³/mol. The molecule has 5 atom stereocenters. The SMILES string of the molecule is CC(O)C(NC(=O)C(CCCCN)NC(=O)C1CCCN1)C(=O)NC(Cc1cnc[nH]1)C(=O)O. The lowest BCUT2D eigenvalue weighted by molar-refractivity contribution is -0.143. The summed E-state index contributed by atoms with van der Waals surface area (Å²) in [5, 5.41) is 30.2. The van der Waals surface area contributed by atoms with Crippen LogP contribution < -0.4 is 27.0 Å². The third-order valence-corrected chi connectivity index (χ3v) is 5.61. The number of amides is 3.